The zero-order valence-electron chi connectivity index (χ0n) is 16.4. The summed E-state index contributed by atoms with van der Waals surface area (Å²) in [6, 6.07) is 4.01. The Bertz CT molecular complexity index is 1040. The topological polar surface area (TPSA) is 84.7 Å². The third kappa shape index (κ3) is 3.50. The van der Waals surface area contributed by atoms with E-state index in [0.717, 1.165) is 12.1 Å². The fourth-order valence-corrected chi connectivity index (χ4v) is 5.71. The van der Waals surface area contributed by atoms with Crippen molar-refractivity contribution in [1.29, 1.82) is 0 Å². The number of nitrogens with zero attached hydrogens (tertiary/aromatic N) is 4. The highest BCUT2D eigenvalue weighted by atomic mass is 32.2. The van der Waals surface area contributed by atoms with Gasteiger partial charge in [0.15, 0.2) is 0 Å². The van der Waals surface area contributed by atoms with Gasteiger partial charge in [0.05, 0.1) is 36.2 Å². The Kier molecular flexibility index (Phi) is 5.37. The molecule has 4 rings (SSSR count). The number of methoxy groups -OCH3 is 1. The van der Waals surface area contributed by atoms with Crippen LogP contribution in [0.25, 0.3) is 0 Å². The van der Waals surface area contributed by atoms with Crippen LogP contribution in [0.15, 0.2) is 35.4 Å². The Morgan fingerprint density at radius 3 is 2.47 bits per heavy atom. The molecule has 1 fully saturated rings. The Labute approximate surface area is 173 Å². The number of benzene rings is 1. The number of carbonyl (C=O) groups excluding carboxylic acids is 1. The molecule has 2 aliphatic rings. The number of ether oxygens (including phenoxy) is 1. The minimum absolute atomic E-state index is 0.0661. The zero-order chi connectivity index (χ0) is 21.5. The van der Waals surface area contributed by atoms with E-state index < -0.39 is 32.1 Å². The van der Waals surface area contributed by atoms with Crippen molar-refractivity contribution in [1.82, 2.24) is 14.1 Å². The highest BCUT2D eigenvalue weighted by molar-refractivity contribution is 7.89. The molecular formula is C19H22F2N4O4S. The number of anilines is 1. The minimum atomic E-state index is -4.05. The third-order valence-electron chi connectivity index (χ3n) is 5.78. The van der Waals surface area contributed by atoms with Gasteiger partial charge in [0.25, 0.3) is 0 Å². The summed E-state index contributed by atoms with van der Waals surface area (Å²) in [5.74, 6) is -1.30. The normalized spacial score (nSPS) is 19.3. The predicted molar refractivity (Wildman–Crippen MR) is 103 cm³/mol. The van der Waals surface area contributed by atoms with Crippen molar-refractivity contribution >= 4 is 21.7 Å². The van der Waals surface area contributed by atoms with Gasteiger partial charge in [-0.1, -0.05) is 0 Å². The first-order chi connectivity index (χ1) is 14.3. The van der Waals surface area contributed by atoms with E-state index in [0.29, 0.717) is 37.9 Å². The van der Waals surface area contributed by atoms with E-state index in [1.165, 1.54) is 4.31 Å². The van der Waals surface area contributed by atoms with E-state index in [1.807, 2.05) is 0 Å². The average molecular weight is 440 g/mol. The van der Waals surface area contributed by atoms with Crippen molar-refractivity contribution in [3.05, 3.63) is 42.1 Å². The van der Waals surface area contributed by atoms with Crippen LogP contribution in [0.4, 0.5) is 14.6 Å². The maximum Gasteiger partial charge on any atom is 0.243 e. The number of carbonyl (C=O) groups is 1. The van der Waals surface area contributed by atoms with Crippen molar-refractivity contribution in [3.8, 4) is 0 Å². The van der Waals surface area contributed by atoms with Crippen LogP contribution < -0.4 is 4.90 Å². The molecule has 0 bridgehead atoms. The molecule has 0 radical (unpaired) electrons. The molecule has 0 unspecified atom stereocenters. The molecule has 0 atom stereocenters. The van der Waals surface area contributed by atoms with E-state index in [-0.39, 0.29) is 25.4 Å². The number of hydrogen-bond donors (Lipinski definition) is 0. The lowest BCUT2D eigenvalue weighted by molar-refractivity contribution is -0.122. The molecule has 11 heteroatoms. The maximum atomic E-state index is 13.5. The van der Waals surface area contributed by atoms with Gasteiger partial charge in [-0.15, -0.1) is 0 Å². The number of fused-ring (bicyclic) bond motifs is 2. The third-order valence-corrected chi connectivity index (χ3v) is 7.65. The molecule has 30 heavy (non-hydrogen) atoms. The van der Waals surface area contributed by atoms with Crippen LogP contribution in [0.1, 0.15) is 19.3 Å². The van der Waals surface area contributed by atoms with Gasteiger partial charge < -0.3 is 4.74 Å². The smallest absolute Gasteiger partial charge is 0.243 e. The number of rotatable bonds is 5. The van der Waals surface area contributed by atoms with Crippen LogP contribution in [0.2, 0.25) is 0 Å². The Hall–Kier alpha value is -2.37. The monoisotopic (exact) mass is 440 g/mol. The molecule has 1 amide bonds. The summed E-state index contributed by atoms with van der Waals surface area (Å²) < 4.78 is 60.9. The lowest BCUT2D eigenvalue weighted by Gasteiger charge is -2.46. The number of piperidine rings is 1. The maximum absolute atomic E-state index is 13.5. The number of amides is 1. The van der Waals surface area contributed by atoms with E-state index >= 15 is 0 Å². The van der Waals surface area contributed by atoms with Crippen LogP contribution in [0.3, 0.4) is 0 Å². The van der Waals surface area contributed by atoms with Crippen LogP contribution in [0.5, 0.6) is 0 Å². The number of sulfonamides is 1. The molecule has 3 heterocycles. The van der Waals surface area contributed by atoms with E-state index in [4.69, 9.17) is 4.74 Å². The second-order valence-corrected chi connectivity index (χ2v) is 9.49. The largest absolute Gasteiger partial charge is 0.383 e. The fraction of sp³-hybridized carbons (Fsp3) is 0.474. The van der Waals surface area contributed by atoms with Crippen LogP contribution >= 0.6 is 0 Å². The SMILES string of the molecule is COCCN1C(=O)CC2(CCN(S(=O)(=O)c3cc(F)cc(F)c3)CC2)n2nccc21. The second-order valence-electron chi connectivity index (χ2n) is 7.55. The van der Waals surface area contributed by atoms with Gasteiger partial charge in [0.2, 0.25) is 15.9 Å². The molecule has 0 N–H and O–H groups in total. The van der Waals surface area contributed by atoms with Gasteiger partial charge in [-0.2, -0.15) is 9.40 Å². The van der Waals surface area contributed by atoms with Crippen LogP contribution in [-0.4, -0.2) is 61.8 Å². The van der Waals surface area contributed by atoms with Gasteiger partial charge in [-0.25, -0.2) is 21.9 Å². The second kappa shape index (κ2) is 7.71. The first-order valence-corrected chi connectivity index (χ1v) is 11.0. The van der Waals surface area contributed by atoms with Crippen molar-refractivity contribution < 1.29 is 26.7 Å². The summed E-state index contributed by atoms with van der Waals surface area (Å²) in [6.07, 6.45) is 2.55. The van der Waals surface area contributed by atoms with Gasteiger partial charge in [-0.3, -0.25) is 9.69 Å². The first kappa shape index (κ1) is 20.9. The lowest BCUT2D eigenvalue weighted by Crippen LogP contribution is -2.55. The molecular weight excluding hydrogens is 418 g/mol. The van der Waals surface area contributed by atoms with Crippen molar-refractivity contribution in [2.45, 2.75) is 29.7 Å². The van der Waals surface area contributed by atoms with Gasteiger partial charge in [0.1, 0.15) is 17.5 Å². The molecule has 1 aromatic heterocycles. The van der Waals surface area contributed by atoms with Crippen molar-refractivity contribution in [2.75, 3.05) is 38.3 Å². The molecule has 0 saturated carbocycles. The Morgan fingerprint density at radius 1 is 1.17 bits per heavy atom. The summed E-state index contributed by atoms with van der Waals surface area (Å²) in [7, 11) is -2.49. The molecule has 0 aliphatic carbocycles. The molecule has 1 saturated heterocycles. The Balaban J connectivity index is 1.57. The number of halogens is 2. The lowest BCUT2D eigenvalue weighted by atomic mass is 9.83. The predicted octanol–water partition coefficient (Wildman–Crippen LogP) is 1.72. The van der Waals surface area contributed by atoms with Crippen molar-refractivity contribution in [2.24, 2.45) is 0 Å². The number of aromatic nitrogens is 2. The summed E-state index contributed by atoms with van der Waals surface area (Å²) in [6.45, 7) is 1.03. The number of hydrogen-bond acceptors (Lipinski definition) is 5. The van der Waals surface area contributed by atoms with Gasteiger partial charge >= 0.3 is 0 Å². The summed E-state index contributed by atoms with van der Waals surface area (Å²) in [5, 5.41) is 4.41. The van der Waals surface area contributed by atoms with Gasteiger partial charge in [0, 0.05) is 32.3 Å². The van der Waals surface area contributed by atoms with Crippen molar-refractivity contribution in [3.63, 3.8) is 0 Å². The molecule has 1 spiro atoms. The summed E-state index contributed by atoms with van der Waals surface area (Å²) in [4.78, 5) is 14.0. The zero-order valence-corrected chi connectivity index (χ0v) is 17.2. The van der Waals surface area contributed by atoms with Gasteiger partial charge in [-0.05, 0) is 25.0 Å². The quantitative estimate of drug-likeness (QED) is 0.707. The van der Waals surface area contributed by atoms with E-state index in [2.05, 4.69) is 5.10 Å². The standard InChI is InChI=1S/C19H22F2N4O4S/c1-29-9-8-24-17-2-5-22-25(17)19(13-18(24)26)3-6-23(7-4-19)30(27,28)16-11-14(20)10-15(21)12-16/h2,5,10-12H,3-4,6-9,13H2,1H3. The molecule has 2 aromatic rings. The van der Waals surface area contributed by atoms with E-state index in [9.17, 15) is 22.0 Å². The molecule has 2 aliphatic heterocycles. The fourth-order valence-electron chi connectivity index (χ4n) is 4.23. The highest BCUT2D eigenvalue weighted by Crippen LogP contribution is 2.41. The first-order valence-electron chi connectivity index (χ1n) is 9.57. The molecule has 1 aromatic carbocycles. The average Bonchev–Trinajstić information content (AvgIpc) is 3.18. The van der Waals surface area contributed by atoms with Crippen LogP contribution in [0, 0.1) is 11.6 Å². The summed E-state index contributed by atoms with van der Waals surface area (Å²) >= 11 is 0. The minimum Gasteiger partial charge on any atom is -0.383 e. The van der Waals surface area contributed by atoms with E-state index in [1.54, 1.807) is 29.0 Å². The highest BCUT2D eigenvalue weighted by Gasteiger charge is 2.47. The summed E-state index contributed by atoms with van der Waals surface area (Å²) in [5.41, 5.74) is -0.626. The molecule has 8 nitrogen and oxygen atoms in total. The molecule has 162 valence electrons. The Morgan fingerprint density at radius 2 is 1.83 bits per heavy atom. The van der Waals surface area contributed by atoms with Crippen LogP contribution in [-0.2, 0) is 25.1 Å².